The highest BCUT2D eigenvalue weighted by molar-refractivity contribution is 5.77. The average Bonchev–Trinajstić information content (AvgIpc) is 3.45. The summed E-state index contributed by atoms with van der Waals surface area (Å²) in [6, 6.07) is 5.96. The number of nitrogens with zero attached hydrogens (tertiary/aromatic N) is 4. The van der Waals surface area contributed by atoms with Gasteiger partial charge in [-0.05, 0) is 50.0 Å². The zero-order chi connectivity index (χ0) is 24.2. The van der Waals surface area contributed by atoms with Gasteiger partial charge in [0.2, 0.25) is 5.91 Å². The number of carbonyl (C=O) groups is 2. The van der Waals surface area contributed by atoms with Crippen LogP contribution in [0.25, 0.3) is 5.70 Å². The van der Waals surface area contributed by atoms with E-state index in [1.54, 1.807) is 29.0 Å². The van der Waals surface area contributed by atoms with Gasteiger partial charge in [-0.25, -0.2) is 9.07 Å². The number of aromatic nitrogens is 3. The number of benzene rings is 1. The van der Waals surface area contributed by atoms with Crippen molar-refractivity contribution in [2.24, 2.45) is 5.73 Å². The van der Waals surface area contributed by atoms with Crippen molar-refractivity contribution in [1.82, 2.24) is 19.9 Å². The van der Waals surface area contributed by atoms with Gasteiger partial charge in [-0.2, -0.15) is 0 Å². The molecule has 1 aliphatic rings. The van der Waals surface area contributed by atoms with E-state index in [1.807, 2.05) is 36.2 Å². The monoisotopic (exact) mass is 455 g/mol. The van der Waals surface area contributed by atoms with Crippen LogP contribution in [-0.4, -0.2) is 50.0 Å². The van der Waals surface area contributed by atoms with Gasteiger partial charge in [-0.15, -0.1) is 5.10 Å². The average molecular weight is 456 g/mol. The first kappa shape index (κ1) is 25.7. The zero-order valence-electron chi connectivity index (χ0n) is 18.7. The Balaban J connectivity index is 0.00000122. The fourth-order valence-corrected chi connectivity index (χ4v) is 3.79. The van der Waals surface area contributed by atoms with Crippen molar-refractivity contribution in [3.8, 4) is 0 Å². The fraction of sp³-hybridized carbons (Fsp3) is 0.333. The Morgan fingerprint density at radius 3 is 2.82 bits per heavy atom. The molecule has 9 heteroatoms. The lowest BCUT2D eigenvalue weighted by Crippen LogP contribution is -2.36. The predicted octanol–water partition coefficient (Wildman–Crippen LogP) is 3.34. The van der Waals surface area contributed by atoms with E-state index in [0.717, 1.165) is 24.2 Å². The summed E-state index contributed by atoms with van der Waals surface area (Å²) in [6.45, 7) is 6.07. The van der Waals surface area contributed by atoms with Crippen LogP contribution < -0.4 is 5.73 Å². The van der Waals surface area contributed by atoms with Crippen molar-refractivity contribution < 1.29 is 19.1 Å². The van der Waals surface area contributed by atoms with E-state index < -0.39 is 6.04 Å². The number of carboxylic acid groups (broad SMARTS) is 1. The third kappa shape index (κ3) is 7.21. The molecule has 2 aromatic rings. The number of likely N-dealkylation sites (tertiary alicyclic amines) is 1. The molecule has 8 nitrogen and oxygen atoms in total. The molecule has 0 bridgehead atoms. The van der Waals surface area contributed by atoms with Crippen LogP contribution in [0, 0.1) is 5.82 Å². The molecule has 1 aliphatic heterocycles. The molecule has 176 valence electrons. The standard InChI is InChI=1S/C23H28FN5O.CH2O2/c1-3-8-19(9-4-2)29-16-21(26-27-29)22-12-7-13-28(22)23(30)15-18(25)14-17-10-5-6-11-20(17)24;2-1-3/h3-6,8-11,16,18,22H,1,7,12-15,25H2,2H3;1H,(H,2,3)/b9-4-,19-8+;/t18-,22+;/m1./s1. The molecule has 1 amide bonds. The summed E-state index contributed by atoms with van der Waals surface area (Å²) in [5, 5.41) is 15.4. The predicted molar refractivity (Wildman–Crippen MR) is 124 cm³/mol. The molecule has 2 heterocycles. The molecule has 1 aromatic carbocycles. The minimum absolute atomic E-state index is 0.0359. The van der Waals surface area contributed by atoms with Gasteiger partial charge < -0.3 is 15.7 Å². The third-order valence-corrected chi connectivity index (χ3v) is 5.19. The zero-order valence-corrected chi connectivity index (χ0v) is 18.7. The van der Waals surface area contributed by atoms with Crippen molar-refractivity contribution in [2.75, 3.05) is 6.54 Å². The summed E-state index contributed by atoms with van der Waals surface area (Å²) in [5.74, 6) is -0.327. The Morgan fingerprint density at radius 1 is 1.42 bits per heavy atom. The Hall–Kier alpha value is -3.59. The van der Waals surface area contributed by atoms with Gasteiger partial charge in [0, 0.05) is 19.0 Å². The van der Waals surface area contributed by atoms with Crippen molar-refractivity contribution in [3.63, 3.8) is 0 Å². The SMILES string of the molecule is C=C/C=C(\C=C/C)n1cc([C@@H]2CCCN2C(=O)C[C@H](N)Cc2ccccc2F)nn1.O=CO. The lowest BCUT2D eigenvalue weighted by atomic mass is 10.0. The number of hydrogen-bond acceptors (Lipinski definition) is 5. The maximum atomic E-state index is 13.9. The van der Waals surface area contributed by atoms with Crippen LogP contribution in [0.15, 0.2) is 61.3 Å². The molecule has 0 radical (unpaired) electrons. The second-order valence-corrected chi connectivity index (χ2v) is 7.53. The maximum absolute atomic E-state index is 13.9. The smallest absolute Gasteiger partial charge is 0.290 e. The van der Waals surface area contributed by atoms with Gasteiger partial charge in [0.1, 0.15) is 11.5 Å². The van der Waals surface area contributed by atoms with E-state index in [-0.39, 0.29) is 30.7 Å². The molecule has 1 saturated heterocycles. The molecule has 2 atom stereocenters. The molecular formula is C24H30FN5O3. The van der Waals surface area contributed by atoms with E-state index in [2.05, 4.69) is 16.9 Å². The van der Waals surface area contributed by atoms with E-state index in [1.165, 1.54) is 6.07 Å². The second kappa shape index (κ2) is 13.1. The van der Waals surface area contributed by atoms with Gasteiger partial charge in [0.25, 0.3) is 6.47 Å². The van der Waals surface area contributed by atoms with Crippen LogP contribution in [0.3, 0.4) is 0 Å². The fourth-order valence-electron chi connectivity index (χ4n) is 3.79. The van der Waals surface area contributed by atoms with Crippen LogP contribution >= 0.6 is 0 Å². The maximum Gasteiger partial charge on any atom is 0.290 e. The number of hydrogen-bond donors (Lipinski definition) is 2. The summed E-state index contributed by atoms with van der Waals surface area (Å²) < 4.78 is 15.5. The quantitative estimate of drug-likeness (QED) is 0.466. The Bertz CT molecular complexity index is 1000. The highest BCUT2D eigenvalue weighted by Gasteiger charge is 2.32. The number of halogens is 1. The summed E-state index contributed by atoms with van der Waals surface area (Å²) in [5.41, 5.74) is 8.29. The molecule has 0 saturated carbocycles. The first-order chi connectivity index (χ1) is 15.9. The van der Waals surface area contributed by atoms with E-state index >= 15 is 0 Å². The van der Waals surface area contributed by atoms with Gasteiger partial charge in [-0.3, -0.25) is 9.59 Å². The Kier molecular flexibility index (Phi) is 10.2. The number of allylic oxidation sites excluding steroid dienone is 5. The first-order valence-electron chi connectivity index (χ1n) is 10.7. The lowest BCUT2D eigenvalue weighted by molar-refractivity contribution is -0.132. The summed E-state index contributed by atoms with van der Waals surface area (Å²) in [6.07, 6.45) is 11.4. The molecular weight excluding hydrogens is 425 g/mol. The number of carbonyl (C=O) groups excluding carboxylic acids is 1. The summed E-state index contributed by atoms with van der Waals surface area (Å²) in [4.78, 5) is 23.1. The second-order valence-electron chi connectivity index (χ2n) is 7.53. The van der Waals surface area contributed by atoms with Crippen LogP contribution in [0.4, 0.5) is 4.39 Å². The van der Waals surface area contributed by atoms with Gasteiger partial charge in [-0.1, -0.05) is 42.1 Å². The van der Waals surface area contributed by atoms with E-state index in [0.29, 0.717) is 18.5 Å². The highest BCUT2D eigenvalue weighted by Crippen LogP contribution is 2.31. The van der Waals surface area contributed by atoms with Crippen LogP contribution in [0.5, 0.6) is 0 Å². The third-order valence-electron chi connectivity index (χ3n) is 5.19. The molecule has 0 aliphatic carbocycles. The number of amides is 1. The molecule has 1 fully saturated rings. The van der Waals surface area contributed by atoms with Gasteiger partial charge in [0.05, 0.1) is 17.9 Å². The molecule has 0 unspecified atom stereocenters. The minimum atomic E-state index is -0.442. The van der Waals surface area contributed by atoms with Crippen molar-refractivity contribution in [3.05, 3.63) is 78.4 Å². The highest BCUT2D eigenvalue weighted by atomic mass is 19.1. The summed E-state index contributed by atoms with van der Waals surface area (Å²) >= 11 is 0. The molecule has 3 rings (SSSR count). The number of rotatable bonds is 8. The molecule has 3 N–H and O–H groups in total. The molecule has 1 aromatic heterocycles. The normalized spacial score (nSPS) is 16.9. The van der Waals surface area contributed by atoms with Crippen molar-refractivity contribution in [2.45, 2.75) is 44.7 Å². The van der Waals surface area contributed by atoms with Crippen LogP contribution in [-0.2, 0) is 16.0 Å². The topological polar surface area (TPSA) is 114 Å². The van der Waals surface area contributed by atoms with Gasteiger partial charge >= 0.3 is 0 Å². The Labute approximate surface area is 192 Å². The summed E-state index contributed by atoms with van der Waals surface area (Å²) in [7, 11) is 0. The van der Waals surface area contributed by atoms with Crippen LogP contribution in [0.2, 0.25) is 0 Å². The van der Waals surface area contributed by atoms with E-state index in [4.69, 9.17) is 15.6 Å². The number of nitrogens with two attached hydrogens (primary N) is 1. The Morgan fingerprint density at radius 2 is 2.15 bits per heavy atom. The van der Waals surface area contributed by atoms with Gasteiger partial charge in [0.15, 0.2) is 0 Å². The lowest BCUT2D eigenvalue weighted by Gasteiger charge is -2.24. The van der Waals surface area contributed by atoms with Crippen molar-refractivity contribution >= 4 is 18.1 Å². The first-order valence-corrected chi connectivity index (χ1v) is 10.7. The minimum Gasteiger partial charge on any atom is -0.483 e. The molecule has 0 spiro atoms. The van der Waals surface area contributed by atoms with E-state index in [9.17, 15) is 9.18 Å². The van der Waals surface area contributed by atoms with Crippen LogP contribution in [0.1, 0.15) is 43.5 Å². The molecule has 33 heavy (non-hydrogen) atoms. The van der Waals surface area contributed by atoms with Crippen molar-refractivity contribution in [1.29, 1.82) is 0 Å². The largest absolute Gasteiger partial charge is 0.483 e.